The fraction of sp³-hybridized carbons (Fsp3) is 0.0625. The van der Waals surface area contributed by atoms with Crippen LogP contribution in [0.2, 0.25) is 0 Å². The van der Waals surface area contributed by atoms with Crippen LogP contribution in [0.25, 0.3) is 15.7 Å². The molecule has 0 unspecified atom stereocenters. The van der Waals surface area contributed by atoms with Gasteiger partial charge in [0.2, 0.25) is 0 Å². The van der Waals surface area contributed by atoms with Gasteiger partial charge in [0.25, 0.3) is 0 Å². The van der Waals surface area contributed by atoms with Crippen molar-refractivity contribution in [3.05, 3.63) is 66.9 Å². The Bertz CT molecular complexity index is 750. The van der Waals surface area contributed by atoms with E-state index in [4.69, 9.17) is 23.4 Å². The molecule has 0 spiro atoms. The van der Waals surface area contributed by atoms with Crippen LogP contribution in [0.1, 0.15) is 0 Å². The molecule has 0 atom stereocenters. The van der Waals surface area contributed by atoms with Crippen molar-refractivity contribution in [2.45, 2.75) is 0 Å². The fourth-order valence-electron chi connectivity index (χ4n) is 1.92. The Hall–Kier alpha value is -1.70. The van der Waals surface area contributed by atoms with E-state index in [0.717, 1.165) is 5.75 Å². The van der Waals surface area contributed by atoms with Crippen LogP contribution < -0.4 is 26.9 Å². The zero-order chi connectivity index (χ0) is 17.6. The van der Waals surface area contributed by atoms with Gasteiger partial charge in [0.1, 0.15) is 0 Å². The largest absolute Gasteiger partial charge is 0.222 e. The van der Waals surface area contributed by atoms with Gasteiger partial charge in [-0.3, -0.25) is 0 Å². The average molecular weight is 415 g/mol. The summed E-state index contributed by atoms with van der Waals surface area (Å²) in [6, 6.07) is 20.9. The van der Waals surface area contributed by atoms with E-state index in [9.17, 15) is 0 Å². The maximum Gasteiger partial charge on any atom is -0.112 e. The average Bonchev–Trinajstić information content (AvgIpc) is 3.04. The van der Waals surface area contributed by atoms with Crippen LogP contribution in [-0.2, 0) is 0 Å². The van der Waals surface area contributed by atoms with Gasteiger partial charge in [-0.25, -0.2) is 18.6 Å². The Morgan fingerprint density at radius 1 is 0.875 bits per heavy atom. The van der Waals surface area contributed by atoms with Crippen LogP contribution in [0.4, 0.5) is 0 Å². The van der Waals surface area contributed by atoms with Gasteiger partial charge in [-0.2, -0.15) is 0 Å². The van der Waals surface area contributed by atoms with Crippen molar-refractivity contribution in [3.63, 3.8) is 0 Å². The van der Waals surface area contributed by atoms with Crippen molar-refractivity contribution >= 4 is 14.7 Å². The minimum absolute atomic E-state index is 0.302. The monoisotopic (exact) mass is 415 g/mol. The number of ether oxygens (including phenoxy) is 1. The van der Waals surface area contributed by atoms with Crippen LogP contribution in [-0.4, -0.2) is 21.8 Å². The summed E-state index contributed by atoms with van der Waals surface area (Å²) < 4.78 is 42.9. The molecule has 0 bridgehead atoms. The van der Waals surface area contributed by atoms with E-state index in [1.807, 2.05) is 18.2 Å². The maximum atomic E-state index is 8.49. The van der Waals surface area contributed by atoms with Gasteiger partial charge in [0, 0.05) is 0 Å². The standard InChI is InChI=1S/C16H14NOSe.ClHO4/c1-18-15-9-7-13(8-10-15)16-11-12-17(19-16)14-5-3-2-4-6-14;2-1(3,4)5/h2-12H,1H3;(H,2,3,4,5)/q+1;/p-1. The number of nitrogens with zero attached hydrogens (tertiary/aromatic N) is 1. The molecule has 24 heavy (non-hydrogen) atoms. The van der Waals surface area contributed by atoms with Crippen molar-refractivity contribution < 1.29 is 37.2 Å². The van der Waals surface area contributed by atoms with E-state index < -0.39 is 10.2 Å². The molecule has 0 amide bonds. The molecular formula is C16H14ClNO5Se. The molecule has 0 radical (unpaired) electrons. The molecule has 0 saturated heterocycles. The van der Waals surface area contributed by atoms with Crippen LogP contribution in [0.3, 0.4) is 0 Å². The zero-order valence-corrected chi connectivity index (χ0v) is 15.1. The number of benzene rings is 2. The van der Waals surface area contributed by atoms with Crippen LogP contribution in [0.5, 0.6) is 5.75 Å². The molecule has 0 saturated carbocycles. The summed E-state index contributed by atoms with van der Waals surface area (Å²) in [5.74, 6) is 0.902. The third kappa shape index (κ3) is 6.07. The van der Waals surface area contributed by atoms with Gasteiger partial charge in [-0.1, -0.05) is 0 Å². The number of aromatic nitrogens is 1. The first-order valence-electron chi connectivity index (χ1n) is 6.70. The Balaban J connectivity index is 0.000000368. The number of halogens is 1. The van der Waals surface area contributed by atoms with E-state index in [1.165, 1.54) is 15.7 Å². The van der Waals surface area contributed by atoms with Crippen molar-refractivity contribution in [1.82, 2.24) is 0 Å². The van der Waals surface area contributed by atoms with E-state index in [-0.39, 0.29) is 0 Å². The number of hydrogen-bond acceptors (Lipinski definition) is 5. The summed E-state index contributed by atoms with van der Waals surface area (Å²) in [6.07, 6.45) is 2.16. The molecule has 126 valence electrons. The summed E-state index contributed by atoms with van der Waals surface area (Å²) in [6.45, 7) is 0. The van der Waals surface area contributed by atoms with Gasteiger partial charge >= 0.3 is 118 Å². The van der Waals surface area contributed by atoms with Crippen molar-refractivity contribution in [3.8, 4) is 21.4 Å². The Labute approximate surface area is 147 Å². The molecule has 8 heteroatoms. The van der Waals surface area contributed by atoms with E-state index in [1.54, 1.807) is 7.11 Å². The topological polar surface area (TPSA) is 105 Å². The van der Waals surface area contributed by atoms with Crippen molar-refractivity contribution in [1.29, 1.82) is 0 Å². The quantitative estimate of drug-likeness (QED) is 0.458. The number of hydrogen-bond donors (Lipinski definition) is 0. The molecule has 0 aliphatic heterocycles. The smallest absolute Gasteiger partial charge is 0.112 e. The third-order valence-electron chi connectivity index (χ3n) is 2.94. The minimum atomic E-state index is -4.94. The fourth-order valence-corrected chi connectivity index (χ4v) is 3.86. The number of rotatable bonds is 3. The Morgan fingerprint density at radius 2 is 1.46 bits per heavy atom. The minimum Gasteiger partial charge on any atom is -0.222 e. The second-order valence-electron chi connectivity index (χ2n) is 4.54. The molecule has 0 aliphatic rings. The van der Waals surface area contributed by atoms with E-state index >= 15 is 0 Å². The second-order valence-corrected chi connectivity index (χ2v) is 7.43. The summed E-state index contributed by atoms with van der Waals surface area (Å²) in [4.78, 5) is 0. The predicted octanol–water partition coefficient (Wildman–Crippen LogP) is -2.06. The summed E-state index contributed by atoms with van der Waals surface area (Å²) in [5, 5.41) is 0. The van der Waals surface area contributed by atoms with Gasteiger partial charge < -0.3 is 0 Å². The molecule has 0 N–H and O–H groups in total. The van der Waals surface area contributed by atoms with Crippen LogP contribution in [0.15, 0.2) is 66.9 Å². The number of para-hydroxylation sites is 1. The molecular weight excluding hydrogens is 401 g/mol. The van der Waals surface area contributed by atoms with Gasteiger partial charge in [-0.15, -0.1) is 10.2 Å². The van der Waals surface area contributed by atoms with Crippen LogP contribution >= 0.6 is 0 Å². The predicted molar refractivity (Wildman–Crippen MR) is 76.9 cm³/mol. The first-order valence-corrected chi connectivity index (χ1v) is 9.56. The van der Waals surface area contributed by atoms with Crippen molar-refractivity contribution in [2.75, 3.05) is 7.11 Å². The van der Waals surface area contributed by atoms with Crippen molar-refractivity contribution in [2.24, 2.45) is 0 Å². The Kier molecular flexibility index (Phi) is 6.53. The number of methoxy groups -OCH3 is 1. The zero-order valence-electron chi connectivity index (χ0n) is 12.6. The van der Waals surface area contributed by atoms with E-state index in [2.05, 4.69) is 52.2 Å². The maximum absolute atomic E-state index is 8.49. The molecule has 1 heterocycles. The first kappa shape index (κ1) is 18.6. The summed E-state index contributed by atoms with van der Waals surface area (Å²) in [5.41, 5.74) is 2.53. The Morgan fingerprint density at radius 3 is 2.00 bits per heavy atom. The van der Waals surface area contributed by atoms with Gasteiger partial charge in [-0.05, 0) is 0 Å². The summed E-state index contributed by atoms with van der Waals surface area (Å²) >= 11 is 0.302. The SMILES string of the molecule is COc1ccc(-c2cc[n+](-c3ccccc3)[se]2)cc1.[O-][Cl+3]([O-])([O-])[O-]. The summed E-state index contributed by atoms with van der Waals surface area (Å²) in [7, 11) is -3.25. The third-order valence-corrected chi connectivity index (χ3v) is 5.25. The van der Waals surface area contributed by atoms with Gasteiger partial charge in [0.15, 0.2) is 0 Å². The normalized spacial score (nSPS) is 10.7. The molecule has 0 fully saturated rings. The molecule has 3 aromatic rings. The first-order chi connectivity index (χ1) is 11.4. The molecule has 0 aliphatic carbocycles. The van der Waals surface area contributed by atoms with Gasteiger partial charge in [0.05, 0.1) is 0 Å². The molecule has 6 nitrogen and oxygen atoms in total. The molecule has 1 aromatic heterocycles. The molecule has 3 rings (SSSR count). The second kappa shape index (κ2) is 8.41. The van der Waals surface area contributed by atoms with Crippen LogP contribution in [0, 0.1) is 10.2 Å². The van der Waals surface area contributed by atoms with E-state index in [0.29, 0.717) is 14.7 Å². The molecule has 2 aromatic carbocycles.